The van der Waals surface area contributed by atoms with E-state index in [1.54, 1.807) is 29.0 Å². The molecule has 6 aromatic carbocycles. The van der Waals surface area contributed by atoms with Crippen molar-refractivity contribution >= 4 is 41.1 Å². The number of para-hydroxylation sites is 1. The number of likely N-dealkylation sites (N-methyl/N-ethyl adjacent to an activating group) is 2. The van der Waals surface area contributed by atoms with Gasteiger partial charge in [0.1, 0.15) is 30.9 Å². The van der Waals surface area contributed by atoms with Crippen molar-refractivity contribution in [1.29, 1.82) is 0 Å². The Morgan fingerprint density at radius 2 is 1.32 bits per heavy atom. The molecular formula is C73H83F7N8O8. The van der Waals surface area contributed by atoms with E-state index in [1.165, 1.54) is 24.3 Å². The van der Waals surface area contributed by atoms with E-state index >= 15 is 0 Å². The van der Waals surface area contributed by atoms with E-state index in [2.05, 4.69) is 37.9 Å². The number of fused-ring (bicyclic) bond motifs is 2. The van der Waals surface area contributed by atoms with Crippen LogP contribution in [0.2, 0.25) is 0 Å². The van der Waals surface area contributed by atoms with Gasteiger partial charge in [-0.25, -0.2) is 9.18 Å². The Hall–Kier alpha value is -8.38. The first-order valence-electron chi connectivity index (χ1n) is 32.9. The van der Waals surface area contributed by atoms with E-state index in [4.69, 9.17) is 14.2 Å². The van der Waals surface area contributed by atoms with Gasteiger partial charge < -0.3 is 49.3 Å². The van der Waals surface area contributed by atoms with Crippen molar-refractivity contribution in [1.82, 2.24) is 29.8 Å². The van der Waals surface area contributed by atoms with E-state index in [1.807, 2.05) is 85.9 Å². The van der Waals surface area contributed by atoms with Gasteiger partial charge in [-0.1, -0.05) is 91.3 Å². The number of carbonyl (C=O) groups excluding carboxylic acids is 5. The molecule has 1 spiro atoms. The molecule has 10 rings (SSSR count). The Balaban J connectivity index is 0.596. The first kappa shape index (κ1) is 70.4. The lowest BCUT2D eigenvalue weighted by Crippen LogP contribution is -2.50. The van der Waals surface area contributed by atoms with Crippen LogP contribution in [0, 0.1) is 5.82 Å². The molecule has 0 radical (unpaired) electrons. The summed E-state index contributed by atoms with van der Waals surface area (Å²) in [5.41, 5.74) is 1.14. The molecule has 23 heteroatoms. The van der Waals surface area contributed by atoms with Crippen molar-refractivity contribution in [2.75, 3.05) is 110 Å². The van der Waals surface area contributed by atoms with Crippen LogP contribution in [0.4, 0.5) is 46.9 Å². The Morgan fingerprint density at radius 3 is 2.03 bits per heavy atom. The van der Waals surface area contributed by atoms with Crippen LogP contribution in [-0.2, 0) is 53.6 Å². The number of nitrogens with one attached hydrogen (secondary N) is 3. The van der Waals surface area contributed by atoms with Crippen LogP contribution < -0.4 is 16.0 Å². The highest BCUT2D eigenvalue weighted by Gasteiger charge is 2.50. The molecule has 0 unspecified atom stereocenters. The fourth-order valence-corrected chi connectivity index (χ4v) is 13.5. The number of nitrogens with zero attached hydrogens (tertiary/aromatic N) is 5. The predicted octanol–water partition coefficient (Wildman–Crippen LogP) is 12.6. The molecule has 4 aliphatic rings. The van der Waals surface area contributed by atoms with Gasteiger partial charge in [0, 0.05) is 101 Å². The van der Waals surface area contributed by atoms with Crippen LogP contribution in [0.25, 0.3) is 11.1 Å². The zero-order valence-electron chi connectivity index (χ0n) is 54.1. The third-order valence-corrected chi connectivity index (χ3v) is 19.2. The fourth-order valence-electron chi connectivity index (χ4n) is 13.5. The van der Waals surface area contributed by atoms with E-state index in [9.17, 15) is 54.7 Å². The maximum absolute atomic E-state index is 14.2. The molecule has 6 aromatic rings. The summed E-state index contributed by atoms with van der Waals surface area (Å²) in [4.78, 5) is 75.2. The molecule has 3 aliphatic heterocycles. The molecule has 16 nitrogen and oxygen atoms in total. The first-order valence-corrected chi connectivity index (χ1v) is 32.9. The highest BCUT2D eigenvalue weighted by atomic mass is 19.4. The number of likely N-dealkylation sites (tertiary alicyclic amines) is 2. The minimum Gasteiger partial charge on any atom is -0.446 e. The maximum atomic E-state index is 14.2. The molecule has 0 bridgehead atoms. The summed E-state index contributed by atoms with van der Waals surface area (Å²) < 4.78 is 115. The van der Waals surface area contributed by atoms with Crippen molar-refractivity contribution < 1.29 is 68.9 Å². The van der Waals surface area contributed by atoms with Crippen molar-refractivity contribution in [2.45, 2.75) is 106 Å². The first-order chi connectivity index (χ1) is 46.1. The molecule has 96 heavy (non-hydrogen) atoms. The molecule has 512 valence electrons. The lowest BCUT2D eigenvalue weighted by Gasteiger charge is -2.44. The maximum Gasteiger partial charge on any atom is 0.416 e. The molecule has 2 atom stereocenters. The zero-order valence-corrected chi connectivity index (χ0v) is 54.1. The number of alkyl halides is 6. The number of carbonyl (C=O) groups is 5. The molecule has 3 fully saturated rings. The number of benzene rings is 6. The minimum atomic E-state index is -5.15. The second-order valence-corrected chi connectivity index (χ2v) is 25.5. The smallest absolute Gasteiger partial charge is 0.416 e. The SMILES string of the molecule is CN(CCN1CCC(OC(=O)Nc2ccccc2-c2ccccc2)CC1)C(=O)CCCCCNc1ccc(C(=O)NCCCN(C)C(=O)CO[C@H]2Cc3ccccc3C23CCN(CC[C@]2(c4ccc(F)cc4)CN(C(=O)c4cc(C(F)(F)F)cc(C(F)(F)F)c4)CO2)CC3)cc1. The van der Waals surface area contributed by atoms with Crippen LogP contribution in [0.1, 0.15) is 113 Å². The van der Waals surface area contributed by atoms with Crippen LogP contribution in [0.3, 0.4) is 0 Å². The number of anilines is 2. The van der Waals surface area contributed by atoms with Gasteiger partial charge in [-0.3, -0.25) is 24.5 Å². The largest absolute Gasteiger partial charge is 0.446 e. The van der Waals surface area contributed by atoms with Crippen molar-refractivity contribution in [3.05, 3.63) is 190 Å². The summed E-state index contributed by atoms with van der Waals surface area (Å²) in [5, 5.41) is 9.27. The summed E-state index contributed by atoms with van der Waals surface area (Å²) in [6.45, 7) is 5.23. The molecule has 3 saturated heterocycles. The van der Waals surface area contributed by atoms with Crippen LogP contribution in [0.5, 0.6) is 0 Å². The normalized spacial score (nSPS) is 18.2. The average Bonchev–Trinajstić information content (AvgIpc) is 1.59. The Morgan fingerprint density at radius 1 is 0.667 bits per heavy atom. The monoisotopic (exact) mass is 1330 g/mol. The number of ether oxygens (including phenoxy) is 3. The predicted molar refractivity (Wildman–Crippen MR) is 350 cm³/mol. The van der Waals surface area contributed by atoms with E-state index in [0.29, 0.717) is 107 Å². The van der Waals surface area contributed by atoms with Gasteiger partial charge in [0.2, 0.25) is 11.8 Å². The third-order valence-electron chi connectivity index (χ3n) is 19.2. The number of hydrogen-bond acceptors (Lipinski definition) is 11. The summed E-state index contributed by atoms with van der Waals surface area (Å²) in [6.07, 6.45) is -4.05. The molecular weight excluding hydrogens is 1250 g/mol. The second-order valence-electron chi connectivity index (χ2n) is 25.5. The topological polar surface area (TPSA) is 165 Å². The number of piperidine rings is 2. The zero-order chi connectivity index (χ0) is 68.0. The summed E-state index contributed by atoms with van der Waals surface area (Å²) in [7, 11) is 3.55. The number of amides is 5. The van der Waals surface area contributed by atoms with Crippen molar-refractivity contribution in [2.24, 2.45) is 0 Å². The standard InChI is InChI=1S/C73H83F7N8O8/c1-84(36-13-35-82-67(91)52-21-27-59(28-22-52)81-34-12-4-7-20-65(89)85(2)42-43-86-37-29-60(30-38-86)96-69(93)83-63-19-11-9-17-61(63)51-14-5-3-6-15-51)66(90)48-94-64-46-53-16-8-10-18-62(53)70(64)31-39-87(40-32-70)41-33-71(55-23-25-58(74)26-24-55)49-88(50-95-71)68(92)54-44-56(72(75,76)77)47-57(45-54)73(78,79)80/h3,5-6,8-11,14-19,21-28,44-45,47,60,64,81H,4,7,12-13,20,29-43,46,48-50H2,1-2H3,(H,82,91)(H,83,93)/t64-,71+/m0/s1. The van der Waals surface area contributed by atoms with Gasteiger partial charge in [-0.2, -0.15) is 26.3 Å². The van der Waals surface area contributed by atoms with Crippen LogP contribution in [0.15, 0.2) is 146 Å². The van der Waals surface area contributed by atoms with Gasteiger partial charge in [0.15, 0.2) is 0 Å². The van der Waals surface area contributed by atoms with Gasteiger partial charge in [-0.15, -0.1) is 0 Å². The lowest BCUT2D eigenvalue weighted by molar-refractivity contribution is -0.143. The molecule has 0 aromatic heterocycles. The van der Waals surface area contributed by atoms with Gasteiger partial charge in [-0.05, 0) is 154 Å². The Bertz CT molecular complexity index is 3590. The van der Waals surface area contributed by atoms with Gasteiger partial charge >= 0.3 is 18.4 Å². The Kier molecular flexibility index (Phi) is 23.2. The highest BCUT2D eigenvalue weighted by molar-refractivity contribution is 5.95. The number of unbranched alkanes of at least 4 members (excludes halogenated alkanes) is 2. The molecule has 3 heterocycles. The van der Waals surface area contributed by atoms with E-state index < -0.39 is 64.6 Å². The highest BCUT2D eigenvalue weighted by Crippen LogP contribution is 2.48. The van der Waals surface area contributed by atoms with Crippen LogP contribution in [-0.4, -0.2) is 166 Å². The summed E-state index contributed by atoms with van der Waals surface area (Å²) >= 11 is 0. The molecule has 0 saturated carbocycles. The molecule has 1 aliphatic carbocycles. The Labute approximate surface area is 555 Å². The quantitative estimate of drug-likeness (QED) is 0.0350. The number of rotatable bonds is 26. The number of halogens is 7. The summed E-state index contributed by atoms with van der Waals surface area (Å²) in [6, 6.07) is 39.2. The van der Waals surface area contributed by atoms with E-state index in [-0.39, 0.29) is 55.6 Å². The van der Waals surface area contributed by atoms with Crippen molar-refractivity contribution in [3.8, 4) is 11.1 Å². The average molecular weight is 1330 g/mol. The lowest BCUT2D eigenvalue weighted by atomic mass is 9.72. The number of hydrogen-bond donors (Lipinski definition) is 3. The van der Waals surface area contributed by atoms with Gasteiger partial charge in [0.25, 0.3) is 11.8 Å². The van der Waals surface area contributed by atoms with Gasteiger partial charge in [0.05, 0.1) is 29.5 Å². The minimum absolute atomic E-state index is 0.0295. The van der Waals surface area contributed by atoms with E-state index in [0.717, 1.165) is 84.6 Å². The molecule has 3 N–H and O–H groups in total. The summed E-state index contributed by atoms with van der Waals surface area (Å²) in [5.74, 6) is -1.92. The molecule has 5 amide bonds. The van der Waals surface area contributed by atoms with Crippen molar-refractivity contribution in [3.63, 3.8) is 0 Å². The van der Waals surface area contributed by atoms with Crippen LogP contribution >= 0.6 is 0 Å². The second kappa shape index (κ2) is 31.7. The fraction of sp³-hybridized carbons (Fsp3) is 0.438. The third kappa shape index (κ3) is 18.0.